The number of rotatable bonds is 2. The van der Waals surface area contributed by atoms with Crippen LogP contribution in [0.4, 0.5) is 0 Å². The van der Waals surface area contributed by atoms with Crippen LogP contribution in [-0.2, 0) is 0 Å². The monoisotopic (exact) mass is 313 g/mol. The fourth-order valence-electron chi connectivity index (χ4n) is 3.06. The molecule has 4 aromatic rings. The number of aromatic nitrogens is 3. The van der Waals surface area contributed by atoms with Crippen molar-refractivity contribution in [3.8, 4) is 16.8 Å². The second kappa shape index (κ2) is 5.60. The molecule has 0 unspecified atom stereocenters. The Morgan fingerprint density at radius 2 is 1.46 bits per heavy atom. The van der Waals surface area contributed by atoms with Gasteiger partial charge in [0.15, 0.2) is 0 Å². The first-order valence-corrected chi connectivity index (χ1v) is 8.12. The molecule has 0 aliphatic carbocycles. The van der Waals surface area contributed by atoms with E-state index >= 15 is 0 Å². The second-order valence-electron chi connectivity index (χ2n) is 6.28. The molecule has 3 nitrogen and oxygen atoms in total. The van der Waals surface area contributed by atoms with Crippen LogP contribution in [0.1, 0.15) is 16.7 Å². The van der Waals surface area contributed by atoms with Gasteiger partial charge in [-0.15, -0.1) is 10.2 Å². The first-order valence-electron chi connectivity index (χ1n) is 8.12. The lowest BCUT2D eigenvalue weighted by Crippen LogP contribution is -2.03. The molecule has 3 heteroatoms. The maximum atomic E-state index is 4.72. The molecule has 0 atom stereocenters. The van der Waals surface area contributed by atoms with E-state index in [1.807, 2.05) is 12.1 Å². The van der Waals surface area contributed by atoms with Crippen LogP contribution in [0.3, 0.4) is 0 Å². The van der Waals surface area contributed by atoms with Gasteiger partial charge in [0.05, 0.1) is 5.69 Å². The zero-order chi connectivity index (χ0) is 16.7. The minimum atomic E-state index is 0.910. The predicted molar refractivity (Wildman–Crippen MR) is 98.5 cm³/mol. The number of hydrogen-bond donors (Lipinski definition) is 0. The summed E-state index contributed by atoms with van der Waals surface area (Å²) in [5, 5.41) is 9.38. The quantitative estimate of drug-likeness (QED) is 0.520. The van der Waals surface area contributed by atoms with Gasteiger partial charge in [-0.3, -0.25) is 0 Å². The zero-order valence-corrected chi connectivity index (χ0v) is 14.1. The Kier molecular flexibility index (Phi) is 3.42. The highest BCUT2D eigenvalue weighted by atomic mass is 15.5. The Labute approximate surface area is 141 Å². The van der Waals surface area contributed by atoms with Crippen LogP contribution in [0.15, 0.2) is 60.7 Å². The lowest BCUT2D eigenvalue weighted by atomic mass is 10.1. The van der Waals surface area contributed by atoms with E-state index in [0.717, 1.165) is 22.3 Å². The smallest absolute Gasteiger partial charge is 0.114 e. The van der Waals surface area contributed by atoms with Gasteiger partial charge in [-0.1, -0.05) is 42.5 Å². The van der Waals surface area contributed by atoms with Gasteiger partial charge in [0.25, 0.3) is 0 Å². The first kappa shape index (κ1) is 14.6. The molecule has 4 rings (SSSR count). The molecule has 0 spiro atoms. The molecular formula is C21H19N3. The Bertz CT molecular complexity index is 1030. The maximum Gasteiger partial charge on any atom is 0.114 e. The third kappa shape index (κ3) is 2.48. The predicted octanol–water partition coefficient (Wildman–Crippen LogP) is 5.01. The van der Waals surface area contributed by atoms with Crippen LogP contribution in [0.2, 0.25) is 0 Å². The van der Waals surface area contributed by atoms with E-state index in [-0.39, 0.29) is 0 Å². The second-order valence-corrected chi connectivity index (χ2v) is 6.28. The molecule has 0 saturated heterocycles. The van der Waals surface area contributed by atoms with Crippen molar-refractivity contribution in [1.82, 2.24) is 15.0 Å². The molecule has 0 aliphatic heterocycles. The van der Waals surface area contributed by atoms with Crippen LogP contribution in [0.25, 0.3) is 27.8 Å². The summed E-state index contributed by atoms with van der Waals surface area (Å²) in [5.74, 6) is 0. The van der Waals surface area contributed by atoms with Crippen LogP contribution in [0.5, 0.6) is 0 Å². The van der Waals surface area contributed by atoms with E-state index in [1.165, 1.54) is 22.3 Å². The molecule has 24 heavy (non-hydrogen) atoms. The van der Waals surface area contributed by atoms with Gasteiger partial charge in [-0.05, 0) is 66.8 Å². The highest BCUT2D eigenvalue weighted by Gasteiger charge is 2.10. The summed E-state index contributed by atoms with van der Waals surface area (Å²) in [6.07, 6.45) is 0. The summed E-state index contributed by atoms with van der Waals surface area (Å²) in [6.45, 7) is 6.35. The number of hydrogen-bond acceptors (Lipinski definition) is 2. The molecule has 0 radical (unpaired) electrons. The van der Waals surface area contributed by atoms with Crippen molar-refractivity contribution in [2.75, 3.05) is 0 Å². The first-order chi connectivity index (χ1) is 11.6. The Hall–Kier alpha value is -2.94. The van der Waals surface area contributed by atoms with Crippen LogP contribution < -0.4 is 0 Å². The topological polar surface area (TPSA) is 30.7 Å². The summed E-state index contributed by atoms with van der Waals surface area (Å²) in [7, 11) is 0. The molecular weight excluding hydrogens is 294 g/mol. The van der Waals surface area contributed by atoms with Gasteiger partial charge < -0.3 is 0 Å². The third-order valence-corrected chi connectivity index (χ3v) is 4.49. The van der Waals surface area contributed by atoms with E-state index in [0.29, 0.717) is 0 Å². The molecule has 3 aromatic carbocycles. The highest BCUT2D eigenvalue weighted by Crippen LogP contribution is 2.24. The van der Waals surface area contributed by atoms with Crippen molar-refractivity contribution in [3.05, 3.63) is 77.4 Å². The molecule has 0 N–H and O–H groups in total. The standard InChI is InChI=1S/C21H19N3/c1-14-11-15(2)16(3)21(12-14)24-22-19-10-9-18(13-20(19)23-24)17-7-5-4-6-8-17/h4-13H,1-3H3. The summed E-state index contributed by atoms with van der Waals surface area (Å²) in [5.41, 5.74) is 8.91. The Balaban J connectivity index is 1.85. The normalized spacial score (nSPS) is 11.1. The SMILES string of the molecule is Cc1cc(C)c(C)c(-n2nc3ccc(-c4ccccc4)cc3n2)c1. The van der Waals surface area contributed by atoms with E-state index in [2.05, 4.69) is 74.4 Å². The van der Waals surface area contributed by atoms with E-state index in [1.54, 1.807) is 4.80 Å². The number of nitrogens with zero attached hydrogens (tertiary/aromatic N) is 3. The summed E-state index contributed by atoms with van der Waals surface area (Å²) >= 11 is 0. The van der Waals surface area contributed by atoms with E-state index < -0.39 is 0 Å². The largest absolute Gasteiger partial charge is 0.150 e. The molecule has 118 valence electrons. The molecule has 0 aliphatic rings. The Morgan fingerprint density at radius 1 is 0.708 bits per heavy atom. The van der Waals surface area contributed by atoms with Crippen molar-refractivity contribution in [3.63, 3.8) is 0 Å². The molecule has 0 bridgehead atoms. The Morgan fingerprint density at radius 3 is 2.25 bits per heavy atom. The minimum Gasteiger partial charge on any atom is -0.150 e. The van der Waals surface area contributed by atoms with Gasteiger partial charge in [0.2, 0.25) is 0 Å². The average molecular weight is 313 g/mol. The van der Waals surface area contributed by atoms with Gasteiger partial charge in [-0.25, -0.2) is 0 Å². The molecule has 0 amide bonds. The van der Waals surface area contributed by atoms with Crippen molar-refractivity contribution in [2.24, 2.45) is 0 Å². The van der Waals surface area contributed by atoms with Crippen LogP contribution in [0, 0.1) is 20.8 Å². The van der Waals surface area contributed by atoms with Gasteiger partial charge in [0, 0.05) is 0 Å². The summed E-state index contributed by atoms with van der Waals surface area (Å²) in [6, 6.07) is 20.9. The van der Waals surface area contributed by atoms with Crippen molar-refractivity contribution in [2.45, 2.75) is 20.8 Å². The van der Waals surface area contributed by atoms with Crippen molar-refractivity contribution >= 4 is 11.0 Å². The number of aryl methyl sites for hydroxylation is 2. The third-order valence-electron chi connectivity index (χ3n) is 4.49. The fourth-order valence-corrected chi connectivity index (χ4v) is 3.06. The molecule has 1 heterocycles. The summed E-state index contributed by atoms with van der Waals surface area (Å²) in [4.78, 5) is 1.76. The van der Waals surface area contributed by atoms with Crippen LogP contribution >= 0.6 is 0 Å². The van der Waals surface area contributed by atoms with Gasteiger partial charge in [0.1, 0.15) is 11.0 Å². The van der Waals surface area contributed by atoms with Crippen molar-refractivity contribution < 1.29 is 0 Å². The molecule has 0 saturated carbocycles. The van der Waals surface area contributed by atoms with E-state index in [4.69, 9.17) is 5.10 Å². The van der Waals surface area contributed by atoms with Gasteiger partial charge >= 0.3 is 0 Å². The van der Waals surface area contributed by atoms with Crippen LogP contribution in [-0.4, -0.2) is 15.0 Å². The average Bonchev–Trinajstić information content (AvgIpc) is 3.01. The summed E-state index contributed by atoms with van der Waals surface area (Å²) < 4.78 is 0. The number of fused-ring (bicyclic) bond motifs is 1. The maximum absolute atomic E-state index is 4.72. The van der Waals surface area contributed by atoms with Gasteiger partial charge in [-0.2, -0.15) is 4.80 Å². The molecule has 1 aromatic heterocycles. The lowest BCUT2D eigenvalue weighted by molar-refractivity contribution is 0.758. The minimum absolute atomic E-state index is 0.910. The lowest BCUT2D eigenvalue weighted by Gasteiger charge is -2.08. The highest BCUT2D eigenvalue weighted by molar-refractivity contribution is 5.81. The molecule has 0 fully saturated rings. The van der Waals surface area contributed by atoms with E-state index in [9.17, 15) is 0 Å². The van der Waals surface area contributed by atoms with Crippen molar-refractivity contribution in [1.29, 1.82) is 0 Å². The zero-order valence-electron chi connectivity index (χ0n) is 14.1. The number of benzene rings is 3. The fraction of sp³-hybridized carbons (Fsp3) is 0.143.